The third kappa shape index (κ3) is 4.22. The first kappa shape index (κ1) is 14.8. The smallest absolute Gasteiger partial charge is 0.337 e. The molecule has 1 heterocycles. The predicted molar refractivity (Wildman–Crippen MR) is 65.8 cm³/mol. The summed E-state index contributed by atoms with van der Waals surface area (Å²) in [5.74, 6) is -1.05. The van der Waals surface area contributed by atoms with Crippen molar-refractivity contribution in [1.82, 2.24) is 4.98 Å². The molecule has 1 N–H and O–H groups in total. The SMILES string of the molecule is CCOP(=O)(Cc1ccc(C(=O)O)cn1)OCC. The van der Waals surface area contributed by atoms with E-state index < -0.39 is 13.6 Å². The molecule has 6 nitrogen and oxygen atoms in total. The largest absolute Gasteiger partial charge is 0.478 e. The van der Waals surface area contributed by atoms with Crippen molar-refractivity contribution >= 4 is 13.6 Å². The minimum atomic E-state index is -3.19. The van der Waals surface area contributed by atoms with Crippen LogP contribution in [0, 0.1) is 0 Å². The van der Waals surface area contributed by atoms with Crippen molar-refractivity contribution in [3.05, 3.63) is 29.6 Å². The van der Waals surface area contributed by atoms with Crippen LogP contribution in [-0.2, 0) is 19.8 Å². The van der Waals surface area contributed by atoms with Gasteiger partial charge in [-0.25, -0.2) is 4.79 Å². The molecule has 7 heteroatoms. The molecule has 0 aliphatic carbocycles. The summed E-state index contributed by atoms with van der Waals surface area (Å²) in [5, 5.41) is 8.73. The summed E-state index contributed by atoms with van der Waals surface area (Å²) >= 11 is 0. The van der Waals surface area contributed by atoms with Crippen molar-refractivity contribution in [2.24, 2.45) is 0 Å². The van der Waals surface area contributed by atoms with E-state index >= 15 is 0 Å². The van der Waals surface area contributed by atoms with Crippen molar-refractivity contribution in [2.45, 2.75) is 20.0 Å². The Morgan fingerprint density at radius 3 is 2.33 bits per heavy atom. The van der Waals surface area contributed by atoms with Crippen molar-refractivity contribution < 1.29 is 23.5 Å². The highest BCUT2D eigenvalue weighted by Crippen LogP contribution is 2.50. The lowest BCUT2D eigenvalue weighted by Gasteiger charge is -2.16. The van der Waals surface area contributed by atoms with E-state index in [4.69, 9.17) is 14.2 Å². The maximum atomic E-state index is 12.2. The standard InChI is InChI=1S/C11H16NO5P/c1-3-16-18(15,17-4-2)8-10-6-5-9(7-12-10)11(13)14/h5-7H,3-4,8H2,1-2H3,(H,13,14). The molecule has 0 aliphatic heterocycles. The minimum absolute atomic E-state index is 0.0363. The quantitative estimate of drug-likeness (QED) is 0.768. The molecule has 0 bridgehead atoms. The van der Waals surface area contributed by atoms with Crippen molar-refractivity contribution in [2.75, 3.05) is 13.2 Å². The molecule has 1 rings (SSSR count). The van der Waals surface area contributed by atoms with Gasteiger partial charge in [-0.2, -0.15) is 0 Å². The van der Waals surface area contributed by atoms with Crippen LogP contribution in [0.5, 0.6) is 0 Å². The van der Waals surface area contributed by atoms with Crippen LogP contribution in [-0.4, -0.2) is 29.3 Å². The van der Waals surface area contributed by atoms with Crippen molar-refractivity contribution in [1.29, 1.82) is 0 Å². The lowest BCUT2D eigenvalue weighted by atomic mass is 10.2. The Morgan fingerprint density at radius 1 is 1.33 bits per heavy atom. The molecule has 0 aromatic carbocycles. The van der Waals surface area contributed by atoms with Gasteiger partial charge >= 0.3 is 13.6 Å². The monoisotopic (exact) mass is 273 g/mol. The number of rotatable bonds is 7. The van der Waals surface area contributed by atoms with Gasteiger partial charge in [-0.15, -0.1) is 0 Å². The normalized spacial score (nSPS) is 11.4. The third-order valence-corrected chi connectivity index (χ3v) is 4.09. The average molecular weight is 273 g/mol. The Kier molecular flexibility index (Phi) is 5.47. The molecule has 100 valence electrons. The van der Waals surface area contributed by atoms with Crippen LogP contribution in [0.1, 0.15) is 29.9 Å². The number of carboxylic acids is 1. The van der Waals surface area contributed by atoms with Crippen molar-refractivity contribution in [3.63, 3.8) is 0 Å². The summed E-state index contributed by atoms with van der Waals surface area (Å²) in [6, 6.07) is 2.92. The maximum Gasteiger partial charge on any atom is 0.337 e. The van der Waals surface area contributed by atoms with Gasteiger partial charge in [0.05, 0.1) is 30.6 Å². The summed E-state index contributed by atoms with van der Waals surface area (Å²) in [6.07, 6.45) is 1.26. The summed E-state index contributed by atoms with van der Waals surface area (Å²) in [4.78, 5) is 14.6. The molecular formula is C11H16NO5P. The van der Waals surface area contributed by atoms with Gasteiger partial charge in [0.15, 0.2) is 0 Å². The van der Waals surface area contributed by atoms with Gasteiger partial charge in [0.25, 0.3) is 0 Å². The second-order valence-corrected chi connectivity index (χ2v) is 5.50. The zero-order valence-electron chi connectivity index (χ0n) is 10.3. The van der Waals surface area contributed by atoms with E-state index in [0.29, 0.717) is 5.69 Å². The van der Waals surface area contributed by atoms with Crippen LogP contribution in [0.25, 0.3) is 0 Å². The first-order valence-corrected chi connectivity index (χ1v) is 7.30. The van der Waals surface area contributed by atoms with E-state index in [0.717, 1.165) is 0 Å². The van der Waals surface area contributed by atoms with Crippen LogP contribution >= 0.6 is 7.60 Å². The number of hydrogen-bond donors (Lipinski definition) is 1. The zero-order valence-corrected chi connectivity index (χ0v) is 11.2. The molecule has 1 aromatic rings. The molecule has 0 radical (unpaired) electrons. The number of pyridine rings is 1. The molecule has 0 atom stereocenters. The fourth-order valence-electron chi connectivity index (χ4n) is 1.36. The number of carbonyl (C=O) groups is 1. The predicted octanol–water partition coefficient (Wildman–Crippen LogP) is 2.55. The molecule has 0 saturated heterocycles. The van der Waals surface area contributed by atoms with Gasteiger partial charge in [-0.1, -0.05) is 0 Å². The van der Waals surface area contributed by atoms with Crippen LogP contribution in [0.4, 0.5) is 0 Å². The Labute approximate surface area is 105 Å². The molecule has 0 spiro atoms. The van der Waals surface area contributed by atoms with E-state index in [9.17, 15) is 9.36 Å². The average Bonchev–Trinajstić information content (AvgIpc) is 2.30. The molecule has 18 heavy (non-hydrogen) atoms. The first-order chi connectivity index (χ1) is 8.50. The van der Waals surface area contributed by atoms with Gasteiger partial charge in [-0.3, -0.25) is 9.55 Å². The fraction of sp³-hybridized carbons (Fsp3) is 0.455. The first-order valence-electron chi connectivity index (χ1n) is 5.57. The number of hydrogen-bond acceptors (Lipinski definition) is 5. The third-order valence-electron chi connectivity index (χ3n) is 2.08. The molecule has 1 aromatic heterocycles. The van der Waals surface area contributed by atoms with Crippen LogP contribution in [0.15, 0.2) is 18.3 Å². The number of nitrogens with zero attached hydrogens (tertiary/aromatic N) is 1. The van der Waals surface area contributed by atoms with Gasteiger partial charge < -0.3 is 14.2 Å². The number of carboxylic acid groups (broad SMARTS) is 1. The van der Waals surface area contributed by atoms with Crippen LogP contribution in [0.2, 0.25) is 0 Å². The Bertz CT molecular complexity index is 435. The molecular weight excluding hydrogens is 257 g/mol. The molecule has 0 amide bonds. The highest BCUT2D eigenvalue weighted by molar-refractivity contribution is 7.53. The Balaban J connectivity index is 2.81. The molecule has 0 fully saturated rings. The molecule has 0 saturated carbocycles. The van der Waals surface area contributed by atoms with E-state index in [-0.39, 0.29) is 24.9 Å². The summed E-state index contributed by atoms with van der Waals surface area (Å²) in [7, 11) is -3.19. The lowest BCUT2D eigenvalue weighted by Crippen LogP contribution is -2.02. The van der Waals surface area contributed by atoms with E-state index in [1.807, 2.05) is 0 Å². The van der Waals surface area contributed by atoms with Gasteiger partial charge in [0.2, 0.25) is 0 Å². The van der Waals surface area contributed by atoms with Crippen LogP contribution < -0.4 is 0 Å². The second kappa shape index (κ2) is 6.64. The summed E-state index contributed by atoms with van der Waals surface area (Å²) in [6.45, 7) is 4.02. The highest BCUT2D eigenvalue weighted by Gasteiger charge is 2.24. The Hall–Kier alpha value is -1.23. The fourth-order valence-corrected chi connectivity index (χ4v) is 2.99. The molecule has 0 aliphatic rings. The second-order valence-electron chi connectivity index (χ2n) is 3.45. The van der Waals surface area contributed by atoms with Crippen LogP contribution in [0.3, 0.4) is 0 Å². The van der Waals surface area contributed by atoms with E-state index in [2.05, 4.69) is 4.98 Å². The van der Waals surface area contributed by atoms with Gasteiger partial charge in [0, 0.05) is 6.20 Å². The minimum Gasteiger partial charge on any atom is -0.478 e. The lowest BCUT2D eigenvalue weighted by molar-refractivity contribution is 0.0696. The van der Waals surface area contributed by atoms with E-state index in [1.54, 1.807) is 13.8 Å². The highest BCUT2D eigenvalue weighted by atomic mass is 31.2. The summed E-state index contributed by atoms with van der Waals surface area (Å²) in [5.41, 5.74) is 0.562. The molecule has 0 unspecified atom stereocenters. The van der Waals surface area contributed by atoms with Gasteiger partial charge in [-0.05, 0) is 26.0 Å². The number of aromatic carboxylic acids is 1. The van der Waals surface area contributed by atoms with Crippen molar-refractivity contribution in [3.8, 4) is 0 Å². The maximum absolute atomic E-state index is 12.2. The Morgan fingerprint density at radius 2 is 1.94 bits per heavy atom. The topological polar surface area (TPSA) is 85.7 Å². The number of aromatic nitrogens is 1. The van der Waals surface area contributed by atoms with Gasteiger partial charge in [0.1, 0.15) is 0 Å². The summed E-state index contributed by atoms with van der Waals surface area (Å²) < 4.78 is 22.5. The zero-order chi connectivity index (χ0) is 13.6. The van der Waals surface area contributed by atoms with E-state index in [1.165, 1.54) is 18.3 Å².